The van der Waals surface area contributed by atoms with Gasteiger partial charge in [0.15, 0.2) is 5.82 Å². The van der Waals surface area contributed by atoms with E-state index in [1.807, 2.05) is 41.3 Å². The largest absolute Gasteiger partial charge is 0.339 e. The Labute approximate surface area is 150 Å². The molecule has 7 heteroatoms. The summed E-state index contributed by atoms with van der Waals surface area (Å²) < 4.78 is 0. The number of benzene rings is 1. The molecule has 6 nitrogen and oxygen atoms in total. The molecule has 1 aromatic carbocycles. The molecule has 0 bridgehead atoms. The van der Waals surface area contributed by atoms with Crippen LogP contribution in [-0.2, 0) is 0 Å². The molecule has 1 aliphatic heterocycles. The Morgan fingerprint density at radius 2 is 1.92 bits per heavy atom. The Kier molecular flexibility index (Phi) is 4.15. The lowest BCUT2D eigenvalue weighted by Crippen LogP contribution is -2.51. The van der Waals surface area contributed by atoms with E-state index in [1.165, 1.54) is 6.33 Å². The molecule has 1 aliphatic rings. The van der Waals surface area contributed by atoms with Gasteiger partial charge in [0.05, 0.1) is 6.33 Å². The number of nitrogens with one attached hydrogen (secondary N) is 2. The number of pyridine rings is 1. The third-order valence-corrected chi connectivity index (χ3v) is 4.71. The third kappa shape index (κ3) is 2.98. The number of hydrogen-bond donors (Lipinski definition) is 3. The summed E-state index contributed by atoms with van der Waals surface area (Å²) in [4.78, 5) is 25.8. The van der Waals surface area contributed by atoms with E-state index >= 15 is 0 Å². The first-order valence-electron chi connectivity index (χ1n) is 7.99. The van der Waals surface area contributed by atoms with Crippen LogP contribution in [-0.4, -0.2) is 32.9 Å². The minimum atomic E-state index is -0.446. The van der Waals surface area contributed by atoms with Crippen molar-refractivity contribution < 1.29 is 4.79 Å². The van der Waals surface area contributed by atoms with Crippen molar-refractivity contribution in [1.29, 1.82) is 0 Å². The van der Waals surface area contributed by atoms with Gasteiger partial charge < -0.3 is 15.2 Å². The summed E-state index contributed by atoms with van der Waals surface area (Å²) in [5.41, 5.74) is 2.12. The number of carbonyl (C=O) groups excluding carboxylic acids is 1. The number of imidazole rings is 1. The van der Waals surface area contributed by atoms with Crippen LogP contribution in [0, 0.1) is 0 Å². The Hall–Kier alpha value is -2.80. The molecule has 0 aliphatic carbocycles. The van der Waals surface area contributed by atoms with E-state index in [0.717, 1.165) is 11.3 Å². The Balaban J connectivity index is 1.73. The van der Waals surface area contributed by atoms with E-state index in [9.17, 15) is 4.79 Å². The quantitative estimate of drug-likeness (QED) is 0.631. The molecule has 0 fully saturated rings. The van der Waals surface area contributed by atoms with Gasteiger partial charge in [-0.15, -0.1) is 12.6 Å². The normalized spacial score (nSPS) is 17.7. The summed E-state index contributed by atoms with van der Waals surface area (Å²) in [6, 6.07) is 16.1. The molecule has 3 aromatic rings. The number of fused-ring (bicyclic) bond motifs is 1. The van der Waals surface area contributed by atoms with Crippen molar-refractivity contribution in [2.24, 2.45) is 0 Å². The maximum absolute atomic E-state index is 12.1. The Morgan fingerprint density at radius 3 is 2.68 bits per heavy atom. The molecule has 0 spiro atoms. The average molecular weight is 351 g/mol. The van der Waals surface area contributed by atoms with E-state index in [0.29, 0.717) is 18.1 Å². The zero-order valence-electron chi connectivity index (χ0n) is 13.3. The van der Waals surface area contributed by atoms with E-state index in [1.54, 1.807) is 6.20 Å². The molecule has 126 valence electrons. The van der Waals surface area contributed by atoms with E-state index in [4.69, 9.17) is 0 Å². The molecule has 4 rings (SSSR count). The van der Waals surface area contributed by atoms with Gasteiger partial charge in [-0.25, -0.2) is 4.98 Å². The molecular weight excluding hydrogens is 334 g/mol. The van der Waals surface area contributed by atoms with Gasteiger partial charge in [-0.3, -0.25) is 9.78 Å². The smallest absolute Gasteiger partial charge is 0.273 e. The topological polar surface area (TPSA) is 73.9 Å². The second-order valence-corrected chi connectivity index (χ2v) is 6.31. The highest BCUT2D eigenvalue weighted by atomic mass is 32.1. The molecule has 2 atom stereocenters. The van der Waals surface area contributed by atoms with Gasteiger partial charge in [-0.2, -0.15) is 0 Å². The monoisotopic (exact) mass is 351 g/mol. The molecular formula is C18H17N5OS. The van der Waals surface area contributed by atoms with Crippen molar-refractivity contribution in [2.45, 2.75) is 11.4 Å². The minimum absolute atomic E-state index is 0.0246. The number of anilines is 1. The predicted molar refractivity (Wildman–Crippen MR) is 98.7 cm³/mol. The van der Waals surface area contributed by atoms with Crippen molar-refractivity contribution in [1.82, 2.24) is 20.3 Å². The van der Waals surface area contributed by atoms with Crippen molar-refractivity contribution in [3.05, 3.63) is 78.0 Å². The minimum Gasteiger partial charge on any atom is -0.339 e. The zero-order chi connectivity index (χ0) is 17.2. The lowest BCUT2D eigenvalue weighted by molar-refractivity contribution is 0.0938. The highest BCUT2D eigenvalue weighted by Crippen LogP contribution is 2.30. The van der Waals surface area contributed by atoms with Crippen molar-refractivity contribution >= 4 is 24.4 Å². The standard InChI is InChI=1S/C18H17N5OS/c24-17-15-16(21-11-20-15)23(18(25)22-17)10-13(12-6-2-1-3-7-12)14-8-4-5-9-19-14/h1-9,11,13,18,25H,10H2,(H,20,21)(H,22,24). The van der Waals surface area contributed by atoms with E-state index in [-0.39, 0.29) is 11.8 Å². The molecule has 0 saturated heterocycles. The Bertz CT molecular complexity index is 828. The maximum atomic E-state index is 12.1. The van der Waals surface area contributed by atoms with Crippen LogP contribution in [0.15, 0.2) is 61.1 Å². The first kappa shape index (κ1) is 15.7. The molecule has 3 heterocycles. The molecule has 2 aromatic heterocycles. The van der Waals surface area contributed by atoms with Crippen LogP contribution in [0.25, 0.3) is 0 Å². The van der Waals surface area contributed by atoms with Crippen LogP contribution in [0.2, 0.25) is 0 Å². The number of amides is 1. The SMILES string of the molecule is O=C1NC(S)N(CC(c2ccccc2)c2ccccn2)c2nc[nH]c21. The first-order valence-corrected chi connectivity index (χ1v) is 8.50. The third-order valence-electron chi connectivity index (χ3n) is 4.30. The maximum Gasteiger partial charge on any atom is 0.273 e. The van der Waals surface area contributed by atoms with Gasteiger partial charge in [0, 0.05) is 24.4 Å². The van der Waals surface area contributed by atoms with Gasteiger partial charge in [0.25, 0.3) is 5.91 Å². The second kappa shape index (κ2) is 6.60. The highest BCUT2D eigenvalue weighted by Gasteiger charge is 2.33. The number of aromatic amines is 1. The highest BCUT2D eigenvalue weighted by molar-refractivity contribution is 7.81. The van der Waals surface area contributed by atoms with Crippen molar-refractivity contribution in [3.63, 3.8) is 0 Å². The van der Waals surface area contributed by atoms with Crippen LogP contribution in [0.4, 0.5) is 5.82 Å². The summed E-state index contributed by atoms with van der Waals surface area (Å²) >= 11 is 4.53. The molecule has 25 heavy (non-hydrogen) atoms. The predicted octanol–water partition coefficient (Wildman–Crippen LogP) is 2.40. The van der Waals surface area contributed by atoms with Gasteiger partial charge in [-0.1, -0.05) is 36.4 Å². The number of nitrogens with zero attached hydrogens (tertiary/aromatic N) is 3. The number of aromatic nitrogens is 3. The lowest BCUT2D eigenvalue weighted by Gasteiger charge is -2.35. The van der Waals surface area contributed by atoms with Crippen LogP contribution in [0.1, 0.15) is 27.7 Å². The van der Waals surface area contributed by atoms with Gasteiger partial charge in [-0.05, 0) is 17.7 Å². The summed E-state index contributed by atoms with van der Waals surface area (Å²) in [5.74, 6) is 0.440. The van der Waals surface area contributed by atoms with Crippen LogP contribution in [0.3, 0.4) is 0 Å². The number of H-pyrrole nitrogens is 1. The molecule has 0 radical (unpaired) electrons. The molecule has 2 unspecified atom stereocenters. The fraction of sp³-hybridized carbons (Fsp3) is 0.167. The van der Waals surface area contributed by atoms with Gasteiger partial charge >= 0.3 is 0 Å². The first-order chi connectivity index (χ1) is 12.2. The van der Waals surface area contributed by atoms with Crippen molar-refractivity contribution in [2.75, 3.05) is 11.4 Å². The van der Waals surface area contributed by atoms with E-state index in [2.05, 4.69) is 45.0 Å². The van der Waals surface area contributed by atoms with Crippen LogP contribution < -0.4 is 10.2 Å². The summed E-state index contributed by atoms with van der Waals surface area (Å²) in [7, 11) is 0. The summed E-state index contributed by atoms with van der Waals surface area (Å²) in [5, 5.41) is 2.84. The number of rotatable bonds is 4. The fourth-order valence-electron chi connectivity index (χ4n) is 3.08. The molecule has 1 amide bonds. The van der Waals surface area contributed by atoms with Crippen LogP contribution >= 0.6 is 12.6 Å². The van der Waals surface area contributed by atoms with Crippen LogP contribution in [0.5, 0.6) is 0 Å². The fourth-order valence-corrected chi connectivity index (χ4v) is 3.40. The number of carbonyl (C=O) groups is 1. The zero-order valence-corrected chi connectivity index (χ0v) is 14.2. The Morgan fingerprint density at radius 1 is 1.12 bits per heavy atom. The molecule has 2 N–H and O–H groups in total. The second-order valence-electron chi connectivity index (χ2n) is 5.82. The van der Waals surface area contributed by atoms with Gasteiger partial charge in [0.2, 0.25) is 0 Å². The lowest BCUT2D eigenvalue weighted by atomic mass is 9.94. The molecule has 0 saturated carbocycles. The average Bonchev–Trinajstić information content (AvgIpc) is 3.13. The number of thiol groups is 1. The van der Waals surface area contributed by atoms with Crippen molar-refractivity contribution in [3.8, 4) is 0 Å². The van der Waals surface area contributed by atoms with Gasteiger partial charge in [0.1, 0.15) is 11.2 Å². The summed E-state index contributed by atoms with van der Waals surface area (Å²) in [6.45, 7) is 0.591. The number of hydrogen-bond acceptors (Lipinski definition) is 5. The van der Waals surface area contributed by atoms with E-state index < -0.39 is 5.50 Å². The summed E-state index contributed by atoms with van der Waals surface area (Å²) in [6.07, 6.45) is 3.32.